The molecule has 1 aliphatic rings. The largest absolute Gasteiger partial charge is 0.586 e. The van der Waals surface area contributed by atoms with Crippen LogP contribution < -0.4 is 14.8 Å². The first-order chi connectivity index (χ1) is 11.0. The van der Waals surface area contributed by atoms with Crippen LogP contribution in [0.15, 0.2) is 24.7 Å². The highest BCUT2D eigenvalue weighted by Crippen LogP contribution is 2.42. The van der Waals surface area contributed by atoms with Crippen LogP contribution in [0, 0.1) is 0 Å². The second-order valence-corrected chi connectivity index (χ2v) is 4.82. The fourth-order valence-electron chi connectivity index (χ4n) is 2.23. The Labute approximate surface area is 126 Å². The van der Waals surface area contributed by atoms with Crippen LogP contribution in [-0.2, 0) is 6.54 Å². The van der Waals surface area contributed by atoms with Crippen molar-refractivity contribution in [1.29, 1.82) is 0 Å². The maximum absolute atomic E-state index is 13.0. The number of ether oxygens (including phenoxy) is 2. The zero-order chi connectivity index (χ0) is 16.0. The first-order valence-corrected chi connectivity index (χ1v) is 6.55. The Morgan fingerprint density at radius 3 is 2.83 bits per heavy atom. The van der Waals surface area contributed by atoms with Gasteiger partial charge in [-0.3, -0.25) is 4.79 Å². The number of hydrogen-bond acceptors (Lipinski definition) is 5. The number of nitrogens with zero attached hydrogens (tertiary/aromatic N) is 2. The second-order valence-electron chi connectivity index (χ2n) is 4.82. The molecule has 4 rings (SSSR count). The molecule has 1 aromatic carbocycles. The predicted octanol–water partition coefficient (Wildman–Crippen LogP) is 1.54. The van der Waals surface area contributed by atoms with Gasteiger partial charge in [0.15, 0.2) is 11.5 Å². The van der Waals surface area contributed by atoms with Crippen LogP contribution in [0.1, 0.15) is 16.3 Å². The quantitative estimate of drug-likeness (QED) is 0.678. The van der Waals surface area contributed by atoms with Gasteiger partial charge in [0.2, 0.25) is 0 Å². The van der Waals surface area contributed by atoms with Gasteiger partial charge in [0.05, 0.1) is 30.1 Å². The zero-order valence-corrected chi connectivity index (χ0v) is 11.4. The van der Waals surface area contributed by atoms with Crippen LogP contribution in [-0.4, -0.2) is 32.1 Å². The van der Waals surface area contributed by atoms with Crippen molar-refractivity contribution in [3.05, 3.63) is 36.2 Å². The number of carbonyl (C=O) groups is 1. The number of aromatic nitrogens is 4. The monoisotopic (exact) mass is 321 g/mol. The highest BCUT2D eigenvalue weighted by Gasteiger charge is 2.43. The lowest BCUT2D eigenvalue weighted by Gasteiger charge is -2.04. The van der Waals surface area contributed by atoms with Crippen molar-refractivity contribution in [2.45, 2.75) is 12.8 Å². The lowest BCUT2D eigenvalue weighted by Crippen LogP contribution is -2.25. The van der Waals surface area contributed by atoms with E-state index in [0.29, 0.717) is 22.6 Å². The normalized spacial score (nSPS) is 15.0. The number of H-pyrrole nitrogens is 2. The molecule has 2 aromatic heterocycles. The Morgan fingerprint density at radius 2 is 2.09 bits per heavy atom. The third kappa shape index (κ3) is 2.43. The number of benzene rings is 1. The minimum Gasteiger partial charge on any atom is -0.395 e. The molecule has 23 heavy (non-hydrogen) atoms. The minimum absolute atomic E-state index is 0.0702. The average Bonchev–Trinajstić information content (AvgIpc) is 3.18. The molecular formula is C13H9F2N5O3. The summed E-state index contributed by atoms with van der Waals surface area (Å²) in [5.41, 5.74) is 1.25. The van der Waals surface area contributed by atoms with Crippen molar-refractivity contribution in [2.24, 2.45) is 0 Å². The van der Waals surface area contributed by atoms with Gasteiger partial charge in [-0.05, 0) is 0 Å². The lowest BCUT2D eigenvalue weighted by molar-refractivity contribution is -0.286. The maximum atomic E-state index is 13.0. The Hall–Kier alpha value is -3.17. The molecule has 0 bridgehead atoms. The average molecular weight is 321 g/mol. The van der Waals surface area contributed by atoms with E-state index in [1.165, 1.54) is 24.7 Å². The van der Waals surface area contributed by atoms with Gasteiger partial charge in [0.1, 0.15) is 11.5 Å². The van der Waals surface area contributed by atoms with Crippen LogP contribution in [0.5, 0.6) is 11.5 Å². The number of rotatable bonds is 3. The zero-order valence-electron chi connectivity index (χ0n) is 11.4. The van der Waals surface area contributed by atoms with Crippen LogP contribution >= 0.6 is 0 Å². The standard InChI is InChI=1S/C13H9F2N5O3/c14-13(15)22-9-1-6-7(2-10(9)23-13)20-11(19-6)4-17-12(21)8-3-16-5-18-8/h1-3,5H,4H2,(H,16,18)(H,17,21)(H,19,20). The summed E-state index contributed by atoms with van der Waals surface area (Å²) in [6.45, 7) is 0.134. The number of imidazole rings is 2. The fraction of sp³-hybridized carbons (Fsp3) is 0.154. The summed E-state index contributed by atoms with van der Waals surface area (Å²) in [4.78, 5) is 25.3. The van der Waals surface area contributed by atoms with E-state index in [1.54, 1.807) is 0 Å². The van der Waals surface area contributed by atoms with Crippen LogP contribution in [0.25, 0.3) is 11.0 Å². The van der Waals surface area contributed by atoms with E-state index in [9.17, 15) is 13.6 Å². The SMILES string of the molecule is O=C(NCc1nc2cc3c(cc2[nH]1)OC(F)(F)O3)c1cnc[nH]1. The fourth-order valence-corrected chi connectivity index (χ4v) is 2.23. The van der Waals surface area contributed by atoms with E-state index >= 15 is 0 Å². The molecule has 8 nitrogen and oxygen atoms in total. The van der Waals surface area contributed by atoms with E-state index in [1.807, 2.05) is 0 Å². The highest BCUT2D eigenvalue weighted by atomic mass is 19.3. The first kappa shape index (κ1) is 13.5. The van der Waals surface area contributed by atoms with Crippen molar-refractivity contribution >= 4 is 16.9 Å². The van der Waals surface area contributed by atoms with Crippen molar-refractivity contribution in [1.82, 2.24) is 25.3 Å². The summed E-state index contributed by atoms with van der Waals surface area (Å²) in [7, 11) is 0. The number of amides is 1. The second kappa shape index (κ2) is 4.66. The molecule has 0 unspecified atom stereocenters. The lowest BCUT2D eigenvalue weighted by atomic mass is 10.3. The molecule has 0 fully saturated rings. The summed E-state index contributed by atoms with van der Waals surface area (Å²) in [6, 6.07) is 2.72. The van der Waals surface area contributed by atoms with Crippen molar-refractivity contribution in [3.8, 4) is 11.5 Å². The first-order valence-electron chi connectivity index (χ1n) is 6.55. The van der Waals surface area contributed by atoms with Crippen molar-refractivity contribution in [3.63, 3.8) is 0 Å². The molecule has 0 spiro atoms. The molecule has 3 heterocycles. The molecule has 0 saturated heterocycles. The van der Waals surface area contributed by atoms with Gasteiger partial charge in [0.25, 0.3) is 5.91 Å². The van der Waals surface area contributed by atoms with Crippen molar-refractivity contribution in [2.75, 3.05) is 0 Å². The van der Waals surface area contributed by atoms with Gasteiger partial charge < -0.3 is 24.8 Å². The van der Waals surface area contributed by atoms with Gasteiger partial charge in [-0.2, -0.15) is 0 Å². The summed E-state index contributed by atoms with van der Waals surface area (Å²) >= 11 is 0. The third-order valence-electron chi connectivity index (χ3n) is 3.21. The third-order valence-corrected chi connectivity index (χ3v) is 3.21. The minimum atomic E-state index is -3.66. The van der Waals surface area contributed by atoms with Crippen molar-refractivity contribution < 1.29 is 23.0 Å². The van der Waals surface area contributed by atoms with E-state index in [4.69, 9.17) is 0 Å². The molecule has 10 heteroatoms. The predicted molar refractivity (Wildman–Crippen MR) is 72.1 cm³/mol. The Morgan fingerprint density at radius 1 is 1.30 bits per heavy atom. The summed E-state index contributed by atoms with van der Waals surface area (Å²) < 4.78 is 34.7. The van der Waals surface area contributed by atoms with Gasteiger partial charge in [-0.1, -0.05) is 0 Å². The van der Waals surface area contributed by atoms with Crippen LogP contribution in [0.2, 0.25) is 0 Å². The summed E-state index contributed by atoms with van der Waals surface area (Å²) in [6.07, 6.45) is -0.872. The summed E-state index contributed by atoms with van der Waals surface area (Å²) in [5, 5.41) is 2.65. The van der Waals surface area contributed by atoms with Crippen LogP contribution in [0.4, 0.5) is 8.78 Å². The summed E-state index contributed by atoms with van der Waals surface area (Å²) in [5.74, 6) is -0.0266. The maximum Gasteiger partial charge on any atom is 0.586 e. The topological polar surface area (TPSA) is 105 Å². The number of alkyl halides is 2. The molecule has 3 N–H and O–H groups in total. The van der Waals surface area contributed by atoms with E-state index in [2.05, 4.69) is 34.7 Å². The Bertz CT molecular complexity index is 846. The number of halogens is 2. The Balaban J connectivity index is 1.53. The molecule has 1 amide bonds. The highest BCUT2D eigenvalue weighted by molar-refractivity contribution is 5.91. The number of aromatic amines is 2. The number of nitrogens with one attached hydrogen (secondary N) is 3. The van der Waals surface area contributed by atoms with Crippen LogP contribution in [0.3, 0.4) is 0 Å². The molecule has 1 aliphatic heterocycles. The molecular weight excluding hydrogens is 312 g/mol. The van der Waals surface area contributed by atoms with E-state index in [0.717, 1.165) is 0 Å². The number of hydrogen-bond donors (Lipinski definition) is 3. The molecule has 0 saturated carbocycles. The molecule has 0 radical (unpaired) electrons. The Kier molecular flexibility index (Phi) is 2.73. The van der Waals surface area contributed by atoms with E-state index < -0.39 is 6.29 Å². The van der Waals surface area contributed by atoms with E-state index in [-0.39, 0.29) is 24.0 Å². The molecule has 0 atom stereocenters. The molecule has 3 aromatic rings. The van der Waals surface area contributed by atoms with Gasteiger partial charge >= 0.3 is 6.29 Å². The smallest absolute Gasteiger partial charge is 0.395 e. The molecule has 0 aliphatic carbocycles. The number of carbonyl (C=O) groups excluding carboxylic acids is 1. The van der Waals surface area contributed by atoms with Gasteiger partial charge in [-0.15, -0.1) is 8.78 Å². The van der Waals surface area contributed by atoms with Gasteiger partial charge in [-0.25, -0.2) is 9.97 Å². The number of fused-ring (bicyclic) bond motifs is 2. The molecule has 118 valence electrons. The van der Waals surface area contributed by atoms with Gasteiger partial charge in [0, 0.05) is 12.1 Å².